The number of aliphatic hydroxyl groups excluding tert-OH is 1. The maximum atomic E-state index is 12.8. The number of nitrogens with zero attached hydrogens (tertiary/aromatic N) is 3. The Labute approximate surface area is 130 Å². The average molecular weight is 334 g/mol. The molecule has 2 heterocycles. The maximum absolute atomic E-state index is 12.8. The Balaban J connectivity index is 2.31. The molecule has 0 unspecified atom stereocenters. The molecule has 0 bridgehead atoms. The molecule has 0 amide bonds. The lowest BCUT2D eigenvalue weighted by Gasteiger charge is -2.36. The third-order valence-electron chi connectivity index (χ3n) is 3.74. The Bertz CT molecular complexity index is 574. The third-order valence-corrected chi connectivity index (χ3v) is 6.16. The largest absolute Gasteiger partial charge is 0.395 e. The molecular weight excluding hydrogens is 314 g/mol. The van der Waals surface area contributed by atoms with Gasteiger partial charge in [0.2, 0.25) is 10.0 Å². The van der Waals surface area contributed by atoms with Gasteiger partial charge in [0.05, 0.1) is 11.6 Å². The van der Waals surface area contributed by atoms with Crippen LogP contribution in [0.25, 0.3) is 0 Å². The highest BCUT2D eigenvalue weighted by molar-refractivity contribution is 7.89. The van der Waals surface area contributed by atoms with E-state index in [1.54, 1.807) is 0 Å². The number of hydrogen-bond donors (Lipinski definition) is 1. The van der Waals surface area contributed by atoms with Gasteiger partial charge >= 0.3 is 0 Å². The molecule has 1 fully saturated rings. The first-order valence-corrected chi connectivity index (χ1v) is 8.69. The summed E-state index contributed by atoms with van der Waals surface area (Å²) in [6, 6.07) is 1.34. The zero-order valence-corrected chi connectivity index (χ0v) is 13.5. The van der Waals surface area contributed by atoms with E-state index in [-0.39, 0.29) is 29.1 Å². The van der Waals surface area contributed by atoms with Gasteiger partial charge < -0.3 is 10.0 Å². The van der Waals surface area contributed by atoms with Crippen LogP contribution in [0, 0.1) is 0 Å². The second-order valence-electron chi connectivity index (χ2n) is 5.18. The summed E-state index contributed by atoms with van der Waals surface area (Å²) in [6.45, 7) is 1.52. The molecule has 1 aliphatic rings. The van der Waals surface area contributed by atoms with E-state index in [1.807, 2.05) is 7.05 Å². The molecule has 0 radical (unpaired) electrons. The standard InChI is InChI=1S/C13H20ClN3O3S/c1-16-6-3-11(4-7-16)17(8-9-18)21(19,20)13-10-15-5-2-12(13)14/h2,5,10-11,18H,3-4,6-9H2,1H3. The van der Waals surface area contributed by atoms with Gasteiger partial charge in [-0.3, -0.25) is 4.98 Å². The van der Waals surface area contributed by atoms with Gasteiger partial charge in [-0.15, -0.1) is 0 Å². The number of sulfonamides is 1. The summed E-state index contributed by atoms with van der Waals surface area (Å²) in [5.74, 6) is 0. The zero-order valence-electron chi connectivity index (χ0n) is 11.9. The molecule has 0 atom stereocenters. The summed E-state index contributed by atoms with van der Waals surface area (Å²) in [5, 5.41) is 9.39. The minimum atomic E-state index is -3.75. The van der Waals surface area contributed by atoms with E-state index >= 15 is 0 Å². The summed E-state index contributed by atoms with van der Waals surface area (Å²) in [7, 11) is -1.74. The SMILES string of the molecule is CN1CCC(N(CCO)S(=O)(=O)c2cnccc2Cl)CC1. The fourth-order valence-electron chi connectivity index (χ4n) is 2.56. The number of rotatable bonds is 5. The first-order chi connectivity index (χ1) is 9.96. The van der Waals surface area contributed by atoms with Crippen LogP contribution in [0.4, 0.5) is 0 Å². The molecule has 1 saturated heterocycles. The van der Waals surface area contributed by atoms with E-state index in [0.29, 0.717) is 0 Å². The number of pyridine rings is 1. The van der Waals surface area contributed by atoms with Gasteiger partial charge in [0.1, 0.15) is 4.90 Å². The molecule has 8 heteroatoms. The summed E-state index contributed by atoms with van der Waals surface area (Å²) in [4.78, 5) is 6.01. The van der Waals surface area contributed by atoms with Crippen molar-refractivity contribution < 1.29 is 13.5 Å². The summed E-state index contributed by atoms with van der Waals surface area (Å²) < 4.78 is 27.0. The summed E-state index contributed by atoms with van der Waals surface area (Å²) in [5.41, 5.74) is 0. The van der Waals surface area contributed by atoms with Crippen LogP contribution in [0.3, 0.4) is 0 Å². The molecule has 1 aromatic rings. The maximum Gasteiger partial charge on any atom is 0.246 e. The van der Waals surface area contributed by atoms with Crippen LogP contribution in [0.2, 0.25) is 5.02 Å². The number of halogens is 1. The lowest BCUT2D eigenvalue weighted by atomic mass is 10.1. The molecule has 1 N–H and O–H groups in total. The van der Waals surface area contributed by atoms with Crippen molar-refractivity contribution in [1.82, 2.24) is 14.2 Å². The lowest BCUT2D eigenvalue weighted by Crippen LogP contribution is -2.47. The Morgan fingerprint density at radius 2 is 2.14 bits per heavy atom. The van der Waals surface area contributed by atoms with E-state index in [2.05, 4.69) is 9.88 Å². The van der Waals surface area contributed by atoms with Crippen molar-refractivity contribution in [3.05, 3.63) is 23.5 Å². The van der Waals surface area contributed by atoms with Gasteiger partial charge in [-0.25, -0.2) is 8.42 Å². The number of aromatic nitrogens is 1. The van der Waals surface area contributed by atoms with Crippen molar-refractivity contribution >= 4 is 21.6 Å². The van der Waals surface area contributed by atoms with Crippen LogP contribution in [0.1, 0.15) is 12.8 Å². The second-order valence-corrected chi connectivity index (χ2v) is 7.45. The molecule has 0 saturated carbocycles. The van der Waals surface area contributed by atoms with Crippen LogP contribution in [-0.2, 0) is 10.0 Å². The smallest absolute Gasteiger partial charge is 0.246 e. The van der Waals surface area contributed by atoms with Gasteiger partial charge in [-0.05, 0) is 39.0 Å². The van der Waals surface area contributed by atoms with Crippen molar-refractivity contribution in [2.45, 2.75) is 23.8 Å². The second kappa shape index (κ2) is 7.02. The third kappa shape index (κ3) is 3.73. The molecule has 21 heavy (non-hydrogen) atoms. The van der Waals surface area contributed by atoms with Gasteiger partial charge in [-0.1, -0.05) is 11.6 Å². The highest BCUT2D eigenvalue weighted by Gasteiger charge is 2.34. The molecular formula is C13H20ClN3O3S. The lowest BCUT2D eigenvalue weighted by molar-refractivity contribution is 0.161. The number of piperidine rings is 1. The van der Waals surface area contributed by atoms with Crippen LogP contribution < -0.4 is 0 Å². The van der Waals surface area contributed by atoms with E-state index in [4.69, 9.17) is 11.6 Å². The summed E-state index contributed by atoms with van der Waals surface area (Å²) in [6.07, 6.45) is 4.20. The highest BCUT2D eigenvalue weighted by Crippen LogP contribution is 2.27. The van der Waals surface area contributed by atoms with E-state index < -0.39 is 10.0 Å². The zero-order chi connectivity index (χ0) is 15.5. The van der Waals surface area contributed by atoms with Crippen LogP contribution >= 0.6 is 11.6 Å². The molecule has 0 aromatic carbocycles. The van der Waals surface area contributed by atoms with Crippen molar-refractivity contribution in [2.24, 2.45) is 0 Å². The molecule has 0 aliphatic carbocycles. The molecule has 1 aromatic heterocycles. The molecule has 0 spiro atoms. The normalized spacial score (nSPS) is 18.3. The van der Waals surface area contributed by atoms with Crippen molar-refractivity contribution in [2.75, 3.05) is 33.3 Å². The van der Waals surface area contributed by atoms with Crippen molar-refractivity contribution in [1.29, 1.82) is 0 Å². The Hall–Kier alpha value is -0.730. The fourth-order valence-corrected chi connectivity index (χ4v) is 4.64. The fraction of sp³-hybridized carbons (Fsp3) is 0.615. The van der Waals surface area contributed by atoms with Crippen LogP contribution in [0.15, 0.2) is 23.4 Å². The van der Waals surface area contributed by atoms with Gasteiger partial charge in [0, 0.05) is 25.0 Å². The Kier molecular flexibility index (Phi) is 5.56. The van der Waals surface area contributed by atoms with Crippen molar-refractivity contribution in [3.63, 3.8) is 0 Å². The minimum absolute atomic E-state index is 0.000885. The summed E-state index contributed by atoms with van der Waals surface area (Å²) >= 11 is 6.00. The monoisotopic (exact) mass is 333 g/mol. The predicted molar refractivity (Wildman–Crippen MR) is 80.7 cm³/mol. The Morgan fingerprint density at radius 3 is 2.71 bits per heavy atom. The molecule has 2 rings (SSSR count). The van der Waals surface area contributed by atoms with E-state index in [0.717, 1.165) is 25.9 Å². The van der Waals surface area contributed by atoms with E-state index in [1.165, 1.54) is 22.8 Å². The average Bonchev–Trinajstić information content (AvgIpc) is 2.46. The molecule has 1 aliphatic heterocycles. The molecule has 6 nitrogen and oxygen atoms in total. The number of likely N-dealkylation sites (tertiary alicyclic amines) is 1. The predicted octanol–water partition coefficient (Wildman–Crippen LogP) is 0.812. The quantitative estimate of drug-likeness (QED) is 0.863. The van der Waals surface area contributed by atoms with Gasteiger partial charge in [-0.2, -0.15) is 4.31 Å². The van der Waals surface area contributed by atoms with Gasteiger partial charge in [0.15, 0.2) is 0 Å². The number of aliphatic hydroxyl groups is 1. The first-order valence-electron chi connectivity index (χ1n) is 6.87. The van der Waals surface area contributed by atoms with Crippen molar-refractivity contribution in [3.8, 4) is 0 Å². The van der Waals surface area contributed by atoms with E-state index in [9.17, 15) is 13.5 Å². The Morgan fingerprint density at radius 1 is 1.48 bits per heavy atom. The van der Waals surface area contributed by atoms with Crippen LogP contribution in [0.5, 0.6) is 0 Å². The van der Waals surface area contributed by atoms with Crippen LogP contribution in [-0.4, -0.2) is 67.0 Å². The van der Waals surface area contributed by atoms with Gasteiger partial charge in [0.25, 0.3) is 0 Å². The minimum Gasteiger partial charge on any atom is -0.395 e. The highest BCUT2D eigenvalue weighted by atomic mass is 35.5. The first kappa shape index (κ1) is 16.6. The number of hydrogen-bond acceptors (Lipinski definition) is 5. The topological polar surface area (TPSA) is 73.7 Å². The molecule has 118 valence electrons.